The standard InChI is InChI=1S/C11H21IO2/c1-2-3-4-7-10(11(13)14)8-5-6-9-12/h10H,2-9H2,1H3,(H,13,14). The molecule has 3 heteroatoms. The molecule has 0 spiro atoms. The third-order valence-electron chi connectivity index (χ3n) is 2.44. The van der Waals surface area contributed by atoms with Gasteiger partial charge in [0.1, 0.15) is 0 Å². The summed E-state index contributed by atoms with van der Waals surface area (Å²) < 4.78 is 1.14. The van der Waals surface area contributed by atoms with Crippen LogP contribution in [0.2, 0.25) is 0 Å². The molecule has 0 aromatic heterocycles. The molecule has 0 aliphatic carbocycles. The fraction of sp³-hybridized carbons (Fsp3) is 0.909. The molecule has 0 radical (unpaired) electrons. The van der Waals surface area contributed by atoms with Gasteiger partial charge in [0.2, 0.25) is 0 Å². The van der Waals surface area contributed by atoms with E-state index in [1.807, 2.05) is 0 Å². The van der Waals surface area contributed by atoms with Gasteiger partial charge in [0.25, 0.3) is 0 Å². The van der Waals surface area contributed by atoms with Crippen LogP contribution in [0.3, 0.4) is 0 Å². The quantitative estimate of drug-likeness (QED) is 0.399. The zero-order chi connectivity index (χ0) is 10.8. The van der Waals surface area contributed by atoms with Gasteiger partial charge < -0.3 is 5.11 Å². The molecule has 0 bridgehead atoms. The Morgan fingerprint density at radius 1 is 1.21 bits per heavy atom. The second-order valence-corrected chi connectivity index (χ2v) is 4.79. The molecule has 0 saturated heterocycles. The third kappa shape index (κ3) is 7.59. The Labute approximate surface area is 101 Å². The minimum absolute atomic E-state index is 0.0931. The average Bonchev–Trinajstić information content (AvgIpc) is 2.15. The Balaban J connectivity index is 3.61. The van der Waals surface area contributed by atoms with Crippen LogP contribution in [0.4, 0.5) is 0 Å². The topological polar surface area (TPSA) is 37.3 Å². The molecule has 14 heavy (non-hydrogen) atoms. The number of alkyl halides is 1. The molecule has 0 aromatic carbocycles. The molecule has 1 atom stereocenters. The van der Waals surface area contributed by atoms with Gasteiger partial charge in [-0.3, -0.25) is 4.79 Å². The van der Waals surface area contributed by atoms with Gasteiger partial charge >= 0.3 is 5.97 Å². The van der Waals surface area contributed by atoms with Gasteiger partial charge in [0.05, 0.1) is 5.92 Å². The first-order chi connectivity index (χ1) is 6.72. The molecule has 0 fully saturated rings. The Morgan fingerprint density at radius 2 is 1.79 bits per heavy atom. The van der Waals surface area contributed by atoms with E-state index in [-0.39, 0.29) is 5.92 Å². The number of halogens is 1. The highest BCUT2D eigenvalue weighted by atomic mass is 127. The number of unbranched alkanes of at least 4 members (excludes halogenated alkanes) is 3. The lowest BCUT2D eigenvalue weighted by atomic mass is 9.96. The van der Waals surface area contributed by atoms with E-state index in [0.29, 0.717) is 0 Å². The van der Waals surface area contributed by atoms with E-state index in [4.69, 9.17) is 5.11 Å². The minimum Gasteiger partial charge on any atom is -0.481 e. The molecular formula is C11H21IO2. The highest BCUT2D eigenvalue weighted by Gasteiger charge is 2.15. The summed E-state index contributed by atoms with van der Waals surface area (Å²) in [7, 11) is 0. The van der Waals surface area contributed by atoms with Crippen LogP contribution in [0.25, 0.3) is 0 Å². The van der Waals surface area contributed by atoms with E-state index < -0.39 is 5.97 Å². The number of aliphatic carboxylic acids is 1. The van der Waals surface area contributed by atoms with E-state index in [1.165, 1.54) is 6.42 Å². The predicted molar refractivity (Wildman–Crippen MR) is 68.0 cm³/mol. The number of hydrogen-bond acceptors (Lipinski definition) is 1. The van der Waals surface area contributed by atoms with Crippen molar-refractivity contribution in [3.8, 4) is 0 Å². The van der Waals surface area contributed by atoms with Crippen LogP contribution in [0.15, 0.2) is 0 Å². The second kappa shape index (κ2) is 9.74. The van der Waals surface area contributed by atoms with E-state index in [1.54, 1.807) is 0 Å². The molecular weight excluding hydrogens is 291 g/mol. The molecule has 1 unspecified atom stereocenters. The number of carboxylic acid groups (broad SMARTS) is 1. The first-order valence-electron chi connectivity index (χ1n) is 5.51. The van der Waals surface area contributed by atoms with Crippen LogP contribution < -0.4 is 0 Å². The van der Waals surface area contributed by atoms with Gasteiger partial charge in [-0.1, -0.05) is 55.2 Å². The number of rotatable bonds is 9. The molecule has 2 nitrogen and oxygen atoms in total. The first-order valence-corrected chi connectivity index (χ1v) is 7.03. The van der Waals surface area contributed by atoms with Crippen molar-refractivity contribution in [2.75, 3.05) is 4.43 Å². The number of hydrogen-bond donors (Lipinski definition) is 1. The van der Waals surface area contributed by atoms with Crippen LogP contribution in [-0.2, 0) is 4.79 Å². The summed E-state index contributed by atoms with van der Waals surface area (Å²) in [6, 6.07) is 0. The van der Waals surface area contributed by atoms with Crippen molar-refractivity contribution in [1.82, 2.24) is 0 Å². The number of carbonyl (C=O) groups is 1. The molecule has 0 rings (SSSR count). The molecule has 84 valence electrons. The first kappa shape index (κ1) is 14.2. The monoisotopic (exact) mass is 312 g/mol. The molecule has 0 amide bonds. The Hall–Kier alpha value is 0.200. The molecule has 0 heterocycles. The van der Waals surface area contributed by atoms with Gasteiger partial charge in [-0.25, -0.2) is 0 Å². The Kier molecular flexibility index (Phi) is 9.88. The van der Waals surface area contributed by atoms with Crippen molar-refractivity contribution in [2.24, 2.45) is 5.92 Å². The van der Waals surface area contributed by atoms with E-state index in [2.05, 4.69) is 29.5 Å². The average molecular weight is 312 g/mol. The maximum Gasteiger partial charge on any atom is 0.306 e. The normalized spacial score (nSPS) is 12.7. The van der Waals surface area contributed by atoms with Crippen LogP contribution in [0.5, 0.6) is 0 Å². The fourth-order valence-electron chi connectivity index (χ4n) is 1.52. The summed E-state index contributed by atoms with van der Waals surface area (Å²) in [5.74, 6) is -0.695. The molecule has 1 N–H and O–H groups in total. The maximum atomic E-state index is 10.9. The van der Waals surface area contributed by atoms with Crippen molar-refractivity contribution in [1.29, 1.82) is 0 Å². The molecule has 0 saturated carbocycles. The van der Waals surface area contributed by atoms with Crippen LogP contribution in [-0.4, -0.2) is 15.5 Å². The van der Waals surface area contributed by atoms with Gasteiger partial charge in [-0.2, -0.15) is 0 Å². The SMILES string of the molecule is CCCCCC(CCCCI)C(=O)O. The Bertz CT molecular complexity index is 138. The maximum absolute atomic E-state index is 10.9. The summed E-state index contributed by atoms with van der Waals surface area (Å²) in [6.07, 6.45) is 7.34. The minimum atomic E-state index is -0.602. The lowest BCUT2D eigenvalue weighted by Crippen LogP contribution is -2.13. The predicted octanol–water partition coefficient (Wildman–Crippen LogP) is 3.87. The van der Waals surface area contributed by atoms with Crippen molar-refractivity contribution in [3.63, 3.8) is 0 Å². The lowest BCUT2D eigenvalue weighted by Gasteiger charge is -2.10. The summed E-state index contributed by atoms with van der Waals surface area (Å²) in [5, 5.41) is 8.97. The third-order valence-corrected chi connectivity index (χ3v) is 3.20. The van der Waals surface area contributed by atoms with Crippen molar-refractivity contribution < 1.29 is 9.90 Å². The lowest BCUT2D eigenvalue weighted by molar-refractivity contribution is -0.142. The van der Waals surface area contributed by atoms with Gasteiger partial charge in [-0.05, 0) is 23.7 Å². The van der Waals surface area contributed by atoms with E-state index in [9.17, 15) is 4.79 Å². The van der Waals surface area contributed by atoms with Gasteiger partial charge in [-0.15, -0.1) is 0 Å². The zero-order valence-corrected chi connectivity index (χ0v) is 11.1. The summed E-state index contributed by atoms with van der Waals surface area (Å²) >= 11 is 2.34. The second-order valence-electron chi connectivity index (χ2n) is 3.72. The van der Waals surface area contributed by atoms with E-state index >= 15 is 0 Å². The van der Waals surface area contributed by atoms with Crippen molar-refractivity contribution in [2.45, 2.75) is 51.9 Å². The zero-order valence-electron chi connectivity index (χ0n) is 8.97. The Morgan fingerprint density at radius 3 is 2.21 bits per heavy atom. The highest BCUT2D eigenvalue weighted by molar-refractivity contribution is 14.1. The smallest absolute Gasteiger partial charge is 0.306 e. The van der Waals surface area contributed by atoms with Gasteiger partial charge in [0.15, 0.2) is 0 Å². The van der Waals surface area contributed by atoms with Crippen molar-refractivity contribution >= 4 is 28.6 Å². The molecule has 0 aliphatic heterocycles. The van der Waals surface area contributed by atoms with Crippen LogP contribution >= 0.6 is 22.6 Å². The summed E-state index contributed by atoms with van der Waals surface area (Å²) in [6.45, 7) is 2.14. The number of carboxylic acids is 1. The largest absolute Gasteiger partial charge is 0.481 e. The van der Waals surface area contributed by atoms with Crippen LogP contribution in [0, 0.1) is 5.92 Å². The van der Waals surface area contributed by atoms with Crippen molar-refractivity contribution in [3.05, 3.63) is 0 Å². The highest BCUT2D eigenvalue weighted by Crippen LogP contribution is 2.17. The van der Waals surface area contributed by atoms with Crippen LogP contribution in [0.1, 0.15) is 51.9 Å². The van der Waals surface area contributed by atoms with Gasteiger partial charge in [0, 0.05) is 0 Å². The summed E-state index contributed by atoms with van der Waals surface area (Å²) in [5.41, 5.74) is 0. The van der Waals surface area contributed by atoms with E-state index in [0.717, 1.165) is 43.0 Å². The summed E-state index contributed by atoms with van der Waals surface area (Å²) in [4.78, 5) is 10.9. The fourth-order valence-corrected chi connectivity index (χ4v) is 2.06. The molecule has 0 aliphatic rings. The molecule has 0 aromatic rings.